The van der Waals surface area contributed by atoms with E-state index in [1.54, 1.807) is 0 Å². The van der Waals surface area contributed by atoms with E-state index >= 15 is 0 Å². The Morgan fingerprint density at radius 2 is 2.24 bits per heavy atom. The van der Waals surface area contributed by atoms with Gasteiger partial charge in [-0.05, 0) is 6.42 Å². The molecule has 2 N–H and O–H groups in total. The Kier molecular flexibility index (Phi) is 6.10. The topological polar surface area (TPSA) is 78.3 Å². The quantitative estimate of drug-likeness (QED) is 0.798. The molecule has 7 heteroatoms. The van der Waals surface area contributed by atoms with Gasteiger partial charge in [0.15, 0.2) is 0 Å². The maximum absolute atomic E-state index is 11.3. The fourth-order valence-electron chi connectivity index (χ4n) is 2.24. The van der Waals surface area contributed by atoms with E-state index in [1.807, 2.05) is 17.8 Å². The first-order chi connectivity index (χ1) is 10.2. The zero-order chi connectivity index (χ0) is 15.1. The first kappa shape index (κ1) is 15.9. The van der Waals surface area contributed by atoms with Gasteiger partial charge in [-0.25, -0.2) is 14.8 Å². The molecule has 0 radical (unpaired) electrons. The number of rotatable bonds is 7. The second kappa shape index (κ2) is 8.07. The van der Waals surface area contributed by atoms with E-state index < -0.39 is 12.0 Å². The largest absolute Gasteiger partial charge is 0.480 e. The van der Waals surface area contributed by atoms with Crippen LogP contribution >= 0.6 is 11.8 Å². The van der Waals surface area contributed by atoms with Gasteiger partial charge in [-0.15, -0.1) is 0 Å². The number of aromatic nitrogens is 2. The van der Waals surface area contributed by atoms with Crippen LogP contribution in [0.1, 0.15) is 26.2 Å². The Balaban J connectivity index is 2.03. The van der Waals surface area contributed by atoms with Crippen molar-refractivity contribution in [3.05, 3.63) is 12.4 Å². The number of carboxylic acid groups (broad SMARTS) is 1. The lowest BCUT2D eigenvalue weighted by Crippen LogP contribution is -2.33. The highest BCUT2D eigenvalue weighted by atomic mass is 32.2. The summed E-state index contributed by atoms with van der Waals surface area (Å²) in [5.41, 5.74) is 0. The lowest BCUT2D eigenvalue weighted by molar-refractivity contribution is -0.138. The van der Waals surface area contributed by atoms with Crippen molar-refractivity contribution in [2.24, 2.45) is 0 Å². The molecule has 0 aromatic carbocycles. The van der Waals surface area contributed by atoms with Crippen molar-refractivity contribution in [3.63, 3.8) is 0 Å². The Morgan fingerprint density at radius 1 is 1.48 bits per heavy atom. The third-order valence-corrected chi connectivity index (χ3v) is 4.40. The Morgan fingerprint density at radius 3 is 2.90 bits per heavy atom. The molecule has 1 atom stereocenters. The number of carboxylic acids is 1. The molecule has 0 bridgehead atoms. The number of carbonyl (C=O) groups is 1. The Labute approximate surface area is 129 Å². The van der Waals surface area contributed by atoms with Crippen LogP contribution in [0.4, 0.5) is 11.6 Å². The van der Waals surface area contributed by atoms with Crippen LogP contribution < -0.4 is 10.2 Å². The fraction of sp³-hybridized carbons (Fsp3) is 0.643. The van der Waals surface area contributed by atoms with E-state index in [0.717, 1.165) is 43.3 Å². The summed E-state index contributed by atoms with van der Waals surface area (Å²) in [4.78, 5) is 21.9. The molecular formula is C14H22N4O2S. The zero-order valence-corrected chi connectivity index (χ0v) is 13.1. The van der Waals surface area contributed by atoms with Crippen molar-refractivity contribution >= 4 is 29.4 Å². The molecule has 116 valence electrons. The summed E-state index contributed by atoms with van der Waals surface area (Å²) in [5.74, 6) is 2.81. The van der Waals surface area contributed by atoms with Crippen molar-refractivity contribution in [2.45, 2.75) is 32.2 Å². The van der Waals surface area contributed by atoms with E-state index in [4.69, 9.17) is 0 Å². The third kappa shape index (κ3) is 4.77. The molecule has 1 aliphatic rings. The average Bonchev–Trinajstić information content (AvgIpc) is 2.52. The number of nitrogens with one attached hydrogen (secondary N) is 1. The summed E-state index contributed by atoms with van der Waals surface area (Å²) in [6, 6.07) is 1.25. The summed E-state index contributed by atoms with van der Waals surface area (Å²) < 4.78 is 0. The molecule has 2 rings (SSSR count). The average molecular weight is 310 g/mol. The van der Waals surface area contributed by atoms with Gasteiger partial charge in [-0.1, -0.05) is 19.8 Å². The van der Waals surface area contributed by atoms with Crippen molar-refractivity contribution in [3.8, 4) is 0 Å². The van der Waals surface area contributed by atoms with Crippen molar-refractivity contribution in [2.75, 3.05) is 34.8 Å². The molecule has 1 aromatic heterocycles. The molecule has 1 unspecified atom stereocenters. The Hall–Kier alpha value is -1.50. The van der Waals surface area contributed by atoms with Crippen molar-refractivity contribution in [1.82, 2.24) is 9.97 Å². The van der Waals surface area contributed by atoms with Gasteiger partial charge < -0.3 is 15.3 Å². The van der Waals surface area contributed by atoms with E-state index in [1.165, 1.54) is 6.33 Å². The molecule has 0 aliphatic carbocycles. The first-order valence-electron chi connectivity index (χ1n) is 7.34. The molecule has 1 aromatic rings. The van der Waals surface area contributed by atoms with Gasteiger partial charge in [-0.3, -0.25) is 0 Å². The molecule has 1 fully saturated rings. The summed E-state index contributed by atoms with van der Waals surface area (Å²) in [6.07, 6.45) is 3.96. The number of nitrogens with zero attached hydrogens (tertiary/aromatic N) is 3. The number of hydrogen-bond acceptors (Lipinski definition) is 6. The highest BCUT2D eigenvalue weighted by Gasteiger charge is 2.18. The van der Waals surface area contributed by atoms with Gasteiger partial charge in [0, 0.05) is 30.7 Å². The van der Waals surface area contributed by atoms with Gasteiger partial charge in [0.2, 0.25) is 0 Å². The number of hydrogen-bond donors (Lipinski definition) is 2. The molecule has 2 heterocycles. The normalized spacial score (nSPS) is 16.5. The number of anilines is 2. The minimum Gasteiger partial charge on any atom is -0.480 e. The lowest BCUT2D eigenvalue weighted by atomic mass is 10.1. The summed E-state index contributed by atoms with van der Waals surface area (Å²) in [5, 5.41) is 12.3. The fourth-order valence-corrected chi connectivity index (χ4v) is 3.14. The molecule has 0 spiro atoms. The minimum absolute atomic E-state index is 0.585. The minimum atomic E-state index is -0.835. The molecule has 1 saturated heterocycles. The van der Waals surface area contributed by atoms with Gasteiger partial charge >= 0.3 is 5.97 Å². The molecular weight excluding hydrogens is 288 g/mol. The highest BCUT2D eigenvalue weighted by Crippen LogP contribution is 2.19. The van der Waals surface area contributed by atoms with E-state index in [0.29, 0.717) is 12.2 Å². The predicted octanol–water partition coefficient (Wildman–Crippen LogP) is 2.09. The van der Waals surface area contributed by atoms with E-state index in [-0.39, 0.29) is 0 Å². The second-order valence-corrected chi connectivity index (χ2v) is 6.26. The van der Waals surface area contributed by atoms with Crippen LogP contribution in [0, 0.1) is 0 Å². The lowest BCUT2D eigenvalue weighted by Gasteiger charge is -2.27. The third-order valence-electron chi connectivity index (χ3n) is 3.45. The van der Waals surface area contributed by atoms with Crippen molar-refractivity contribution in [1.29, 1.82) is 0 Å². The maximum atomic E-state index is 11.3. The second-order valence-electron chi connectivity index (χ2n) is 5.04. The van der Waals surface area contributed by atoms with Crippen LogP contribution in [0.3, 0.4) is 0 Å². The maximum Gasteiger partial charge on any atom is 0.326 e. The van der Waals surface area contributed by atoms with Crippen molar-refractivity contribution < 1.29 is 9.90 Å². The zero-order valence-electron chi connectivity index (χ0n) is 12.3. The standard InChI is InChI=1S/C14H22N4O2S/c1-2-3-4-11(14(19)20)17-12-9-13(16-10-15-12)18-5-7-21-8-6-18/h9-11H,2-8H2,1H3,(H,19,20)(H,15,16,17). The predicted molar refractivity (Wildman–Crippen MR) is 86.1 cm³/mol. The smallest absolute Gasteiger partial charge is 0.326 e. The van der Waals surface area contributed by atoms with Crippen LogP contribution in [0.25, 0.3) is 0 Å². The van der Waals surface area contributed by atoms with E-state index in [9.17, 15) is 9.90 Å². The molecule has 0 saturated carbocycles. The molecule has 0 amide bonds. The van der Waals surface area contributed by atoms with Gasteiger partial charge in [0.25, 0.3) is 0 Å². The van der Waals surface area contributed by atoms with Gasteiger partial charge in [-0.2, -0.15) is 11.8 Å². The monoisotopic (exact) mass is 310 g/mol. The van der Waals surface area contributed by atoms with E-state index in [2.05, 4.69) is 27.1 Å². The summed E-state index contributed by atoms with van der Waals surface area (Å²) in [7, 11) is 0. The molecule has 6 nitrogen and oxygen atoms in total. The summed E-state index contributed by atoms with van der Waals surface area (Å²) >= 11 is 1.94. The molecule has 1 aliphatic heterocycles. The SMILES string of the molecule is CCCCC(Nc1cc(N2CCSCC2)ncn1)C(=O)O. The van der Waals surface area contributed by atoms with Gasteiger partial charge in [0.1, 0.15) is 24.0 Å². The molecule has 21 heavy (non-hydrogen) atoms. The van der Waals surface area contributed by atoms with Crippen LogP contribution in [0.2, 0.25) is 0 Å². The number of thioether (sulfide) groups is 1. The van der Waals surface area contributed by atoms with Crippen LogP contribution in [0.15, 0.2) is 12.4 Å². The number of unbranched alkanes of at least 4 members (excludes halogenated alkanes) is 1. The first-order valence-corrected chi connectivity index (χ1v) is 8.50. The van der Waals surface area contributed by atoms with Gasteiger partial charge in [0.05, 0.1) is 0 Å². The number of aliphatic carboxylic acids is 1. The highest BCUT2D eigenvalue weighted by molar-refractivity contribution is 7.99. The van der Waals surface area contributed by atoms with Crippen LogP contribution in [-0.4, -0.2) is 51.7 Å². The Bertz CT molecular complexity index is 466. The summed E-state index contributed by atoms with van der Waals surface area (Å²) in [6.45, 7) is 3.99. The van der Waals surface area contributed by atoms with Crippen LogP contribution in [0.5, 0.6) is 0 Å². The van der Waals surface area contributed by atoms with Crippen LogP contribution in [-0.2, 0) is 4.79 Å².